The summed E-state index contributed by atoms with van der Waals surface area (Å²) in [6.45, 7) is 5.87. The van der Waals surface area contributed by atoms with Gasteiger partial charge < -0.3 is 15.0 Å². The van der Waals surface area contributed by atoms with E-state index < -0.39 is 0 Å². The molecule has 24 heavy (non-hydrogen) atoms. The van der Waals surface area contributed by atoms with Crippen LogP contribution in [0.4, 0.5) is 5.82 Å². The van der Waals surface area contributed by atoms with Crippen molar-refractivity contribution in [3.8, 4) is 0 Å². The van der Waals surface area contributed by atoms with Crippen LogP contribution in [-0.4, -0.2) is 63.8 Å². The summed E-state index contributed by atoms with van der Waals surface area (Å²) < 4.78 is 1.04. The molecule has 0 aliphatic carbocycles. The molecule has 7 heteroatoms. The van der Waals surface area contributed by atoms with Gasteiger partial charge in [-0.25, -0.2) is 9.97 Å². The minimum absolute atomic E-state index is 0.208. The van der Waals surface area contributed by atoms with E-state index >= 15 is 0 Å². The number of aromatic nitrogens is 3. The molecule has 1 unspecified atom stereocenters. The Labute approximate surface area is 148 Å². The van der Waals surface area contributed by atoms with Gasteiger partial charge in [-0.2, -0.15) is 0 Å². The van der Waals surface area contributed by atoms with Crippen LogP contribution in [0.1, 0.15) is 6.92 Å². The highest BCUT2D eigenvalue weighted by atomic mass is 79.9. The van der Waals surface area contributed by atoms with Crippen molar-refractivity contribution in [2.75, 3.05) is 37.7 Å². The van der Waals surface area contributed by atoms with E-state index in [9.17, 15) is 5.11 Å². The van der Waals surface area contributed by atoms with Crippen LogP contribution in [0.5, 0.6) is 0 Å². The quantitative estimate of drug-likeness (QED) is 0.719. The van der Waals surface area contributed by atoms with Crippen molar-refractivity contribution in [2.24, 2.45) is 0 Å². The van der Waals surface area contributed by atoms with E-state index in [1.165, 1.54) is 0 Å². The van der Waals surface area contributed by atoms with Crippen LogP contribution >= 0.6 is 15.9 Å². The molecule has 6 nitrogen and oxygen atoms in total. The summed E-state index contributed by atoms with van der Waals surface area (Å²) in [7, 11) is 0. The summed E-state index contributed by atoms with van der Waals surface area (Å²) >= 11 is 3.52. The van der Waals surface area contributed by atoms with Gasteiger partial charge in [0.15, 0.2) is 0 Å². The number of hydrogen-bond donors (Lipinski definition) is 2. The SMILES string of the molecule is CC1CN(c2ncnc3[nH]c4cc(Br)ccc4c23)CCN1CCO. The molecule has 4 rings (SSSR count). The number of aromatic amines is 1. The van der Waals surface area contributed by atoms with Crippen LogP contribution < -0.4 is 4.90 Å². The summed E-state index contributed by atoms with van der Waals surface area (Å²) in [5.41, 5.74) is 1.94. The highest BCUT2D eigenvalue weighted by Crippen LogP contribution is 2.33. The van der Waals surface area contributed by atoms with Gasteiger partial charge in [0.05, 0.1) is 12.0 Å². The lowest BCUT2D eigenvalue weighted by molar-refractivity contribution is 0.146. The Hall–Kier alpha value is -1.70. The van der Waals surface area contributed by atoms with Gasteiger partial charge in [-0.05, 0) is 19.1 Å². The van der Waals surface area contributed by atoms with E-state index in [2.05, 4.69) is 59.7 Å². The molecule has 126 valence electrons. The fraction of sp³-hybridized carbons (Fsp3) is 0.412. The smallest absolute Gasteiger partial charge is 0.143 e. The van der Waals surface area contributed by atoms with Crippen LogP contribution in [-0.2, 0) is 0 Å². The summed E-state index contributed by atoms with van der Waals surface area (Å²) in [5, 5.41) is 11.4. The summed E-state index contributed by atoms with van der Waals surface area (Å²) in [4.78, 5) is 17.1. The molecule has 0 amide bonds. The zero-order valence-electron chi connectivity index (χ0n) is 13.5. The van der Waals surface area contributed by atoms with Crippen molar-refractivity contribution < 1.29 is 5.11 Å². The van der Waals surface area contributed by atoms with Crippen molar-refractivity contribution in [2.45, 2.75) is 13.0 Å². The molecule has 1 aliphatic rings. The molecule has 2 aromatic heterocycles. The Morgan fingerprint density at radius 3 is 3.00 bits per heavy atom. The summed E-state index contributed by atoms with van der Waals surface area (Å²) in [5.74, 6) is 0.990. The fourth-order valence-electron chi connectivity index (χ4n) is 3.57. The number of benzene rings is 1. The molecule has 1 atom stereocenters. The molecule has 0 radical (unpaired) electrons. The number of H-pyrrole nitrogens is 1. The molecular weight excluding hydrogens is 370 g/mol. The van der Waals surface area contributed by atoms with Crippen molar-refractivity contribution in [1.82, 2.24) is 19.9 Å². The molecule has 1 aromatic carbocycles. The zero-order valence-corrected chi connectivity index (χ0v) is 15.1. The van der Waals surface area contributed by atoms with Crippen molar-refractivity contribution in [3.63, 3.8) is 0 Å². The van der Waals surface area contributed by atoms with Crippen LogP contribution in [0.3, 0.4) is 0 Å². The van der Waals surface area contributed by atoms with Crippen LogP contribution in [0.15, 0.2) is 29.0 Å². The third-order valence-electron chi connectivity index (χ3n) is 4.78. The molecule has 0 bridgehead atoms. The molecule has 1 fully saturated rings. The number of hydrogen-bond acceptors (Lipinski definition) is 5. The van der Waals surface area contributed by atoms with Gasteiger partial charge in [-0.3, -0.25) is 4.90 Å². The molecule has 3 aromatic rings. The Bertz CT molecular complexity index is 880. The van der Waals surface area contributed by atoms with Crippen LogP contribution in [0, 0.1) is 0 Å². The van der Waals surface area contributed by atoms with Crippen molar-refractivity contribution in [3.05, 3.63) is 29.0 Å². The highest BCUT2D eigenvalue weighted by molar-refractivity contribution is 9.10. The topological polar surface area (TPSA) is 68.3 Å². The lowest BCUT2D eigenvalue weighted by Gasteiger charge is -2.40. The molecular formula is C17H20BrN5O. The zero-order chi connectivity index (χ0) is 16.7. The van der Waals surface area contributed by atoms with Gasteiger partial charge >= 0.3 is 0 Å². The van der Waals surface area contributed by atoms with E-state index in [-0.39, 0.29) is 6.61 Å². The van der Waals surface area contributed by atoms with Crippen molar-refractivity contribution in [1.29, 1.82) is 0 Å². The number of piperazine rings is 1. The van der Waals surface area contributed by atoms with Crippen molar-refractivity contribution >= 4 is 43.7 Å². The minimum atomic E-state index is 0.208. The number of aliphatic hydroxyl groups excluding tert-OH is 1. The van der Waals surface area contributed by atoms with E-state index in [0.29, 0.717) is 6.04 Å². The monoisotopic (exact) mass is 389 g/mol. The van der Waals surface area contributed by atoms with Gasteiger partial charge in [0.1, 0.15) is 17.8 Å². The highest BCUT2D eigenvalue weighted by Gasteiger charge is 2.26. The van der Waals surface area contributed by atoms with E-state index in [1.807, 2.05) is 6.07 Å². The molecule has 2 N–H and O–H groups in total. The van der Waals surface area contributed by atoms with E-state index in [4.69, 9.17) is 0 Å². The maximum absolute atomic E-state index is 9.19. The number of nitrogens with one attached hydrogen (secondary N) is 1. The Balaban J connectivity index is 1.76. The largest absolute Gasteiger partial charge is 0.395 e. The fourth-order valence-corrected chi connectivity index (χ4v) is 3.93. The van der Waals surface area contributed by atoms with Gasteiger partial charge in [0.2, 0.25) is 0 Å². The number of anilines is 1. The average Bonchev–Trinajstić information content (AvgIpc) is 2.94. The van der Waals surface area contributed by atoms with E-state index in [0.717, 1.165) is 58.4 Å². The van der Waals surface area contributed by atoms with Gasteiger partial charge in [0, 0.05) is 47.6 Å². The maximum Gasteiger partial charge on any atom is 0.143 e. The number of fused-ring (bicyclic) bond motifs is 3. The average molecular weight is 390 g/mol. The second-order valence-electron chi connectivity index (χ2n) is 6.29. The lowest BCUT2D eigenvalue weighted by atomic mass is 10.1. The first-order chi connectivity index (χ1) is 11.7. The predicted octanol–water partition coefficient (Wildman–Crippen LogP) is 2.38. The number of halogens is 1. The number of nitrogens with zero attached hydrogens (tertiary/aromatic N) is 4. The second-order valence-corrected chi connectivity index (χ2v) is 7.21. The van der Waals surface area contributed by atoms with E-state index in [1.54, 1.807) is 6.33 Å². The molecule has 3 heterocycles. The molecule has 1 saturated heterocycles. The Morgan fingerprint density at radius 2 is 2.21 bits per heavy atom. The maximum atomic E-state index is 9.19. The Morgan fingerprint density at radius 1 is 1.33 bits per heavy atom. The first kappa shape index (κ1) is 15.8. The molecule has 1 aliphatic heterocycles. The number of rotatable bonds is 3. The third kappa shape index (κ3) is 2.66. The van der Waals surface area contributed by atoms with Crippen LogP contribution in [0.2, 0.25) is 0 Å². The van der Waals surface area contributed by atoms with Gasteiger partial charge in [0.25, 0.3) is 0 Å². The summed E-state index contributed by atoms with van der Waals surface area (Å²) in [6, 6.07) is 6.61. The number of aliphatic hydroxyl groups is 1. The number of β-amino-alcohol motifs (C(OH)–C–C–N with tert-alkyl or cyclic N) is 1. The normalized spacial score (nSPS) is 19.5. The van der Waals surface area contributed by atoms with Gasteiger partial charge in [-0.1, -0.05) is 22.0 Å². The predicted molar refractivity (Wildman–Crippen MR) is 99.4 cm³/mol. The first-order valence-electron chi connectivity index (χ1n) is 8.19. The first-order valence-corrected chi connectivity index (χ1v) is 8.98. The third-order valence-corrected chi connectivity index (χ3v) is 5.28. The summed E-state index contributed by atoms with van der Waals surface area (Å²) in [6.07, 6.45) is 1.63. The lowest BCUT2D eigenvalue weighted by Crippen LogP contribution is -2.52. The standard InChI is InChI=1S/C17H20BrN5O/c1-11-9-23(5-4-22(11)6-7-24)17-15-13-3-2-12(18)8-14(13)21-16(15)19-10-20-17/h2-3,8,10-11,24H,4-7,9H2,1H3,(H,19,20,21). The minimum Gasteiger partial charge on any atom is -0.395 e. The van der Waals surface area contributed by atoms with Gasteiger partial charge in [-0.15, -0.1) is 0 Å². The van der Waals surface area contributed by atoms with Crippen LogP contribution in [0.25, 0.3) is 21.9 Å². The molecule has 0 spiro atoms. The second kappa shape index (κ2) is 6.31. The molecule has 0 saturated carbocycles. The Kier molecular flexibility index (Phi) is 4.15.